The normalized spacial score (nSPS) is 14.4. The molecule has 1 aromatic carbocycles. The van der Waals surface area contributed by atoms with E-state index in [4.69, 9.17) is 0 Å². The molecule has 1 unspecified atom stereocenters. The number of benzene rings is 1. The van der Waals surface area contributed by atoms with Gasteiger partial charge in [-0.05, 0) is 47.5 Å². The van der Waals surface area contributed by atoms with Crippen LogP contribution >= 0.6 is 15.9 Å². The average molecular weight is 327 g/mol. The summed E-state index contributed by atoms with van der Waals surface area (Å²) in [7, 11) is 1.83. The Kier molecular flexibility index (Phi) is 3.78. The molecule has 0 saturated carbocycles. The van der Waals surface area contributed by atoms with Crippen molar-refractivity contribution in [2.75, 3.05) is 0 Å². The van der Waals surface area contributed by atoms with Gasteiger partial charge in [-0.15, -0.1) is 0 Å². The second kappa shape index (κ2) is 5.06. The van der Waals surface area contributed by atoms with Gasteiger partial charge in [-0.1, -0.05) is 12.1 Å². The van der Waals surface area contributed by atoms with Crippen LogP contribution in [0.4, 0.5) is 4.39 Å². The maximum absolute atomic E-state index is 13.3. The predicted molar refractivity (Wildman–Crippen MR) is 75.3 cm³/mol. The molecule has 0 bridgehead atoms. The summed E-state index contributed by atoms with van der Waals surface area (Å²) >= 11 is 3.47. The maximum Gasteiger partial charge on any atom is 0.123 e. The Labute approximate surface area is 120 Å². The largest absolute Gasteiger partial charge is 0.385 e. The number of nitrogens with zero attached hydrogens (tertiary/aromatic N) is 2. The van der Waals surface area contributed by atoms with Crippen molar-refractivity contribution >= 4 is 15.9 Å². The Morgan fingerprint density at radius 2 is 2.16 bits per heavy atom. The molecule has 3 nitrogen and oxygen atoms in total. The molecule has 19 heavy (non-hydrogen) atoms. The van der Waals surface area contributed by atoms with E-state index in [1.165, 1.54) is 12.1 Å². The van der Waals surface area contributed by atoms with E-state index in [0.717, 1.165) is 15.9 Å². The van der Waals surface area contributed by atoms with Crippen molar-refractivity contribution in [1.29, 1.82) is 0 Å². The molecule has 1 heterocycles. The summed E-state index contributed by atoms with van der Waals surface area (Å²) in [6.45, 7) is 3.57. The fourth-order valence-corrected chi connectivity index (χ4v) is 2.60. The van der Waals surface area contributed by atoms with Gasteiger partial charge in [0, 0.05) is 13.5 Å². The molecule has 5 heteroatoms. The lowest BCUT2D eigenvalue weighted by molar-refractivity contribution is 0.0551. The number of hydrogen-bond donors (Lipinski definition) is 1. The van der Waals surface area contributed by atoms with Crippen LogP contribution in [0.15, 0.2) is 28.7 Å². The third-order valence-corrected chi connectivity index (χ3v) is 4.25. The van der Waals surface area contributed by atoms with Gasteiger partial charge in [0.15, 0.2) is 0 Å². The van der Waals surface area contributed by atoms with E-state index in [-0.39, 0.29) is 5.82 Å². The first kappa shape index (κ1) is 14.2. The molecule has 0 aliphatic heterocycles. The highest BCUT2D eigenvalue weighted by Gasteiger charge is 2.27. The maximum atomic E-state index is 13.3. The second-order valence-electron chi connectivity index (χ2n) is 4.93. The Hall–Kier alpha value is -1.20. The summed E-state index contributed by atoms with van der Waals surface area (Å²) in [5.41, 5.74) is 1.16. The van der Waals surface area contributed by atoms with E-state index in [9.17, 15) is 9.50 Å². The highest BCUT2D eigenvalue weighted by atomic mass is 79.9. The quantitative estimate of drug-likeness (QED) is 0.941. The van der Waals surface area contributed by atoms with Gasteiger partial charge in [0.2, 0.25) is 0 Å². The third-order valence-electron chi connectivity index (χ3n) is 3.22. The van der Waals surface area contributed by atoms with Crippen LogP contribution in [0.3, 0.4) is 0 Å². The lowest BCUT2D eigenvalue weighted by Crippen LogP contribution is -2.26. The van der Waals surface area contributed by atoms with Gasteiger partial charge in [-0.3, -0.25) is 4.68 Å². The highest BCUT2D eigenvalue weighted by molar-refractivity contribution is 9.10. The Morgan fingerprint density at radius 3 is 2.68 bits per heavy atom. The van der Waals surface area contributed by atoms with Gasteiger partial charge in [-0.2, -0.15) is 5.10 Å². The summed E-state index contributed by atoms with van der Waals surface area (Å²) in [5.74, 6) is -0.349. The zero-order valence-electron chi connectivity index (χ0n) is 11.1. The highest BCUT2D eigenvalue weighted by Crippen LogP contribution is 2.30. The molecule has 0 amide bonds. The summed E-state index contributed by atoms with van der Waals surface area (Å²) in [5, 5.41) is 14.9. The van der Waals surface area contributed by atoms with E-state index in [2.05, 4.69) is 21.0 Å². The van der Waals surface area contributed by atoms with Crippen LogP contribution in [0.5, 0.6) is 0 Å². The van der Waals surface area contributed by atoms with Crippen molar-refractivity contribution < 1.29 is 9.50 Å². The fourth-order valence-electron chi connectivity index (χ4n) is 2.12. The number of aryl methyl sites for hydroxylation is 2. The molecule has 1 N–H and O–H groups in total. The lowest BCUT2D eigenvalue weighted by atomic mass is 9.91. The van der Waals surface area contributed by atoms with E-state index >= 15 is 0 Å². The van der Waals surface area contributed by atoms with Crippen LogP contribution in [0.1, 0.15) is 23.9 Å². The lowest BCUT2D eigenvalue weighted by Gasteiger charge is -2.24. The van der Waals surface area contributed by atoms with Crippen LogP contribution in [-0.2, 0) is 19.1 Å². The van der Waals surface area contributed by atoms with Crippen LogP contribution in [0.2, 0.25) is 0 Å². The van der Waals surface area contributed by atoms with Crippen LogP contribution in [0, 0.1) is 12.7 Å². The van der Waals surface area contributed by atoms with Crippen molar-refractivity contribution in [1.82, 2.24) is 9.78 Å². The standard InChI is InChI=1S/C14H16BrFN2O/c1-9-13(15)12(18(3)17-9)8-14(2,19)10-5-4-6-11(16)7-10/h4-7,19H,8H2,1-3H3. The topological polar surface area (TPSA) is 38.0 Å². The van der Waals surface area contributed by atoms with Gasteiger partial charge in [0.05, 0.1) is 21.5 Å². The SMILES string of the molecule is Cc1nn(C)c(CC(C)(O)c2cccc(F)c2)c1Br. The van der Waals surface area contributed by atoms with E-state index in [0.29, 0.717) is 12.0 Å². The number of aromatic nitrogens is 2. The zero-order valence-corrected chi connectivity index (χ0v) is 12.7. The van der Waals surface area contributed by atoms with Crippen molar-refractivity contribution in [3.05, 3.63) is 51.5 Å². The first-order valence-corrected chi connectivity index (χ1v) is 6.77. The molecule has 2 aromatic rings. The Bertz CT molecular complexity index is 607. The zero-order chi connectivity index (χ0) is 14.2. The third kappa shape index (κ3) is 2.87. The van der Waals surface area contributed by atoms with Crippen molar-refractivity contribution in [2.45, 2.75) is 25.9 Å². The molecular formula is C14H16BrFN2O. The van der Waals surface area contributed by atoms with Crippen LogP contribution < -0.4 is 0 Å². The first-order chi connectivity index (χ1) is 8.81. The van der Waals surface area contributed by atoms with Crippen molar-refractivity contribution in [3.8, 4) is 0 Å². The fraction of sp³-hybridized carbons (Fsp3) is 0.357. The monoisotopic (exact) mass is 326 g/mol. The summed E-state index contributed by atoms with van der Waals surface area (Å²) < 4.78 is 15.9. The molecule has 0 spiro atoms. The van der Waals surface area contributed by atoms with Gasteiger partial charge in [0.25, 0.3) is 0 Å². The molecule has 1 atom stereocenters. The van der Waals surface area contributed by atoms with E-state index in [1.807, 2.05) is 14.0 Å². The second-order valence-corrected chi connectivity index (χ2v) is 5.72. The van der Waals surface area contributed by atoms with E-state index < -0.39 is 5.60 Å². The molecule has 102 valence electrons. The number of halogens is 2. The molecule has 0 aliphatic rings. The molecule has 1 aromatic heterocycles. The van der Waals surface area contributed by atoms with Gasteiger partial charge >= 0.3 is 0 Å². The van der Waals surface area contributed by atoms with Crippen molar-refractivity contribution in [3.63, 3.8) is 0 Å². The molecular weight excluding hydrogens is 311 g/mol. The summed E-state index contributed by atoms with van der Waals surface area (Å²) in [4.78, 5) is 0. The minimum absolute atomic E-state index is 0.349. The van der Waals surface area contributed by atoms with Crippen molar-refractivity contribution in [2.24, 2.45) is 7.05 Å². The number of hydrogen-bond acceptors (Lipinski definition) is 2. The molecule has 0 radical (unpaired) electrons. The van der Waals surface area contributed by atoms with Crippen LogP contribution in [0.25, 0.3) is 0 Å². The Balaban J connectivity index is 2.36. The molecule has 2 rings (SSSR count). The number of rotatable bonds is 3. The smallest absolute Gasteiger partial charge is 0.123 e. The molecule has 0 fully saturated rings. The predicted octanol–water partition coefficient (Wildman–Crippen LogP) is 3.08. The average Bonchev–Trinajstić information content (AvgIpc) is 2.56. The Morgan fingerprint density at radius 1 is 1.47 bits per heavy atom. The summed E-state index contributed by atoms with van der Waals surface area (Å²) in [6, 6.07) is 6.05. The molecule has 0 saturated heterocycles. The van der Waals surface area contributed by atoms with Gasteiger partial charge < -0.3 is 5.11 Å². The molecule has 0 aliphatic carbocycles. The van der Waals surface area contributed by atoms with Crippen LogP contribution in [-0.4, -0.2) is 14.9 Å². The van der Waals surface area contributed by atoms with Gasteiger partial charge in [-0.25, -0.2) is 4.39 Å². The minimum atomic E-state index is -1.15. The summed E-state index contributed by atoms with van der Waals surface area (Å²) in [6.07, 6.45) is 0.356. The van der Waals surface area contributed by atoms with E-state index in [1.54, 1.807) is 23.7 Å². The van der Waals surface area contributed by atoms with Gasteiger partial charge in [0.1, 0.15) is 5.82 Å². The minimum Gasteiger partial charge on any atom is -0.385 e. The number of aliphatic hydroxyl groups is 1. The first-order valence-electron chi connectivity index (χ1n) is 5.97.